The SMILES string of the molecule is C[C@@H](c1ccccc1)N1C[C@H](C(=O)Oc2ccc(C(=O)c3ccccc3)cc2)CC1=O. The molecule has 1 fully saturated rings. The summed E-state index contributed by atoms with van der Waals surface area (Å²) in [6.07, 6.45) is 0.139. The third-order valence-corrected chi connectivity index (χ3v) is 5.61. The molecular formula is C26H23NO4. The Kier molecular flexibility index (Phi) is 5.94. The van der Waals surface area contributed by atoms with Crippen LogP contribution in [0.5, 0.6) is 5.75 Å². The molecular weight excluding hydrogens is 390 g/mol. The highest BCUT2D eigenvalue weighted by Crippen LogP contribution is 2.29. The van der Waals surface area contributed by atoms with Crippen LogP contribution in [0.1, 0.15) is 40.9 Å². The second kappa shape index (κ2) is 8.96. The van der Waals surface area contributed by atoms with E-state index >= 15 is 0 Å². The van der Waals surface area contributed by atoms with Crippen molar-refractivity contribution in [3.63, 3.8) is 0 Å². The Labute approximate surface area is 181 Å². The van der Waals surface area contributed by atoms with Crippen molar-refractivity contribution in [3.8, 4) is 5.75 Å². The highest BCUT2D eigenvalue weighted by atomic mass is 16.5. The number of carbonyl (C=O) groups excluding carboxylic acids is 3. The topological polar surface area (TPSA) is 63.7 Å². The summed E-state index contributed by atoms with van der Waals surface area (Å²) in [4.78, 5) is 39.3. The number of carbonyl (C=O) groups is 3. The van der Waals surface area contributed by atoms with Crippen LogP contribution in [0.2, 0.25) is 0 Å². The zero-order valence-corrected chi connectivity index (χ0v) is 17.2. The van der Waals surface area contributed by atoms with Crippen molar-refractivity contribution in [2.24, 2.45) is 5.92 Å². The Morgan fingerprint density at radius 2 is 1.45 bits per heavy atom. The lowest BCUT2D eigenvalue weighted by Crippen LogP contribution is -2.30. The van der Waals surface area contributed by atoms with Crippen molar-refractivity contribution in [1.29, 1.82) is 0 Å². The highest BCUT2D eigenvalue weighted by Gasteiger charge is 2.38. The van der Waals surface area contributed by atoms with Crippen LogP contribution in [0.15, 0.2) is 84.9 Å². The molecule has 0 spiro atoms. The Balaban J connectivity index is 1.38. The van der Waals surface area contributed by atoms with Gasteiger partial charge in [-0.3, -0.25) is 14.4 Å². The zero-order chi connectivity index (χ0) is 21.8. The fourth-order valence-electron chi connectivity index (χ4n) is 3.81. The van der Waals surface area contributed by atoms with Crippen LogP contribution in [0.4, 0.5) is 0 Å². The standard InChI is InChI=1S/C26H23NO4/c1-18(19-8-4-2-5-9-19)27-17-22(16-24(27)28)26(30)31-23-14-12-21(13-15-23)25(29)20-10-6-3-7-11-20/h2-15,18,22H,16-17H2,1H3/t18-,22+/m0/s1. The molecule has 1 aliphatic rings. The number of esters is 1. The van der Waals surface area contributed by atoms with Gasteiger partial charge in [0.2, 0.25) is 5.91 Å². The smallest absolute Gasteiger partial charge is 0.316 e. The van der Waals surface area contributed by atoms with Crippen LogP contribution in [-0.4, -0.2) is 29.1 Å². The number of ketones is 1. The van der Waals surface area contributed by atoms with Gasteiger partial charge in [-0.25, -0.2) is 0 Å². The van der Waals surface area contributed by atoms with Gasteiger partial charge < -0.3 is 9.64 Å². The fraction of sp³-hybridized carbons (Fsp3) is 0.192. The number of benzene rings is 3. The Hall–Kier alpha value is -3.73. The summed E-state index contributed by atoms with van der Waals surface area (Å²) in [6.45, 7) is 2.29. The van der Waals surface area contributed by atoms with E-state index in [1.54, 1.807) is 41.3 Å². The molecule has 0 aromatic heterocycles. The van der Waals surface area contributed by atoms with E-state index in [0.29, 0.717) is 23.4 Å². The van der Waals surface area contributed by atoms with Crippen molar-refractivity contribution in [2.75, 3.05) is 6.54 Å². The first-order valence-corrected chi connectivity index (χ1v) is 10.3. The molecule has 0 N–H and O–H groups in total. The van der Waals surface area contributed by atoms with Crippen LogP contribution in [-0.2, 0) is 9.59 Å². The van der Waals surface area contributed by atoms with E-state index in [4.69, 9.17) is 4.74 Å². The first-order valence-electron chi connectivity index (χ1n) is 10.3. The van der Waals surface area contributed by atoms with Gasteiger partial charge in [-0.05, 0) is 36.8 Å². The van der Waals surface area contributed by atoms with Crippen LogP contribution in [0.3, 0.4) is 0 Å². The molecule has 3 aromatic carbocycles. The minimum Gasteiger partial charge on any atom is -0.426 e. The first-order chi connectivity index (χ1) is 15.0. The Morgan fingerprint density at radius 1 is 0.871 bits per heavy atom. The second-order valence-corrected chi connectivity index (χ2v) is 7.67. The summed E-state index contributed by atoms with van der Waals surface area (Å²) < 4.78 is 5.49. The minimum absolute atomic E-state index is 0.0536. The summed E-state index contributed by atoms with van der Waals surface area (Å²) in [5, 5.41) is 0. The van der Waals surface area contributed by atoms with Gasteiger partial charge in [-0.1, -0.05) is 60.7 Å². The van der Waals surface area contributed by atoms with Crippen molar-refractivity contribution < 1.29 is 19.1 Å². The molecule has 1 heterocycles. The minimum atomic E-state index is -0.510. The molecule has 156 valence electrons. The maximum Gasteiger partial charge on any atom is 0.316 e. The molecule has 5 heteroatoms. The van der Waals surface area contributed by atoms with E-state index in [0.717, 1.165) is 5.56 Å². The van der Waals surface area contributed by atoms with Crippen molar-refractivity contribution in [3.05, 3.63) is 102 Å². The van der Waals surface area contributed by atoms with E-state index in [9.17, 15) is 14.4 Å². The summed E-state index contributed by atoms with van der Waals surface area (Å²) >= 11 is 0. The van der Waals surface area contributed by atoms with Gasteiger partial charge in [0.25, 0.3) is 0 Å². The Morgan fingerprint density at radius 3 is 2.10 bits per heavy atom. The van der Waals surface area contributed by atoms with E-state index in [2.05, 4.69) is 0 Å². The van der Waals surface area contributed by atoms with Crippen LogP contribution in [0, 0.1) is 5.92 Å². The lowest BCUT2D eigenvalue weighted by atomic mass is 10.0. The molecule has 1 saturated heterocycles. The summed E-state index contributed by atoms with van der Waals surface area (Å²) in [5.41, 5.74) is 2.15. The predicted octanol–water partition coefficient (Wildman–Crippen LogP) is 4.43. The normalized spacial score (nSPS) is 16.7. The fourth-order valence-corrected chi connectivity index (χ4v) is 3.81. The average Bonchev–Trinajstić information content (AvgIpc) is 3.21. The van der Waals surface area contributed by atoms with Crippen molar-refractivity contribution >= 4 is 17.7 Å². The predicted molar refractivity (Wildman–Crippen MR) is 117 cm³/mol. The number of rotatable bonds is 6. The number of amides is 1. The molecule has 0 bridgehead atoms. The lowest BCUT2D eigenvalue weighted by molar-refractivity contribution is -0.139. The maximum absolute atomic E-state index is 12.6. The number of hydrogen-bond acceptors (Lipinski definition) is 4. The third-order valence-electron chi connectivity index (χ3n) is 5.61. The lowest BCUT2D eigenvalue weighted by Gasteiger charge is -2.25. The first kappa shape index (κ1) is 20.5. The van der Waals surface area contributed by atoms with Gasteiger partial charge in [0, 0.05) is 24.1 Å². The van der Waals surface area contributed by atoms with Crippen LogP contribution < -0.4 is 4.74 Å². The molecule has 3 aromatic rings. The van der Waals surface area contributed by atoms with Crippen LogP contribution >= 0.6 is 0 Å². The molecule has 4 rings (SSSR count). The van der Waals surface area contributed by atoms with Gasteiger partial charge >= 0.3 is 5.97 Å². The maximum atomic E-state index is 12.6. The number of likely N-dealkylation sites (tertiary alicyclic amines) is 1. The highest BCUT2D eigenvalue weighted by molar-refractivity contribution is 6.09. The second-order valence-electron chi connectivity index (χ2n) is 7.67. The molecule has 5 nitrogen and oxygen atoms in total. The molecule has 0 unspecified atom stereocenters. The van der Waals surface area contributed by atoms with Crippen molar-refractivity contribution in [2.45, 2.75) is 19.4 Å². The third kappa shape index (κ3) is 4.56. The van der Waals surface area contributed by atoms with Gasteiger partial charge in [-0.15, -0.1) is 0 Å². The summed E-state index contributed by atoms with van der Waals surface area (Å²) in [6, 6.07) is 25.1. The van der Waals surface area contributed by atoms with E-state index in [1.165, 1.54) is 0 Å². The largest absolute Gasteiger partial charge is 0.426 e. The number of hydrogen-bond donors (Lipinski definition) is 0. The number of ether oxygens (including phenoxy) is 1. The van der Waals surface area contributed by atoms with Gasteiger partial charge in [-0.2, -0.15) is 0 Å². The molecule has 31 heavy (non-hydrogen) atoms. The van der Waals surface area contributed by atoms with Gasteiger partial charge in [0.15, 0.2) is 5.78 Å². The monoisotopic (exact) mass is 413 g/mol. The van der Waals surface area contributed by atoms with E-state index in [-0.39, 0.29) is 24.2 Å². The van der Waals surface area contributed by atoms with Crippen molar-refractivity contribution in [1.82, 2.24) is 4.90 Å². The zero-order valence-electron chi connectivity index (χ0n) is 17.2. The molecule has 0 aliphatic carbocycles. The summed E-state index contributed by atoms with van der Waals surface area (Å²) in [5.74, 6) is -0.730. The van der Waals surface area contributed by atoms with Gasteiger partial charge in [0.1, 0.15) is 5.75 Å². The average molecular weight is 413 g/mol. The molecule has 1 aliphatic heterocycles. The quantitative estimate of drug-likeness (QED) is 0.341. The number of nitrogens with zero attached hydrogens (tertiary/aromatic N) is 1. The van der Waals surface area contributed by atoms with E-state index in [1.807, 2.05) is 55.5 Å². The molecule has 0 radical (unpaired) electrons. The van der Waals surface area contributed by atoms with Gasteiger partial charge in [0.05, 0.1) is 12.0 Å². The molecule has 2 atom stereocenters. The van der Waals surface area contributed by atoms with Crippen LogP contribution in [0.25, 0.3) is 0 Å². The Bertz CT molecular complexity index is 1080. The van der Waals surface area contributed by atoms with E-state index < -0.39 is 11.9 Å². The summed E-state index contributed by atoms with van der Waals surface area (Å²) in [7, 11) is 0. The molecule has 1 amide bonds. The molecule has 0 saturated carbocycles.